The third-order valence-corrected chi connectivity index (χ3v) is 2.98. The first-order chi connectivity index (χ1) is 21.8. The lowest BCUT2D eigenvalue weighted by Gasteiger charge is -2.01. The second-order valence-corrected chi connectivity index (χ2v) is 6.95. The van der Waals surface area contributed by atoms with Crippen LogP contribution in [0.5, 0.6) is 0 Å². The number of carbonyl (C=O) groups is 3. The number of aliphatic carboxylic acids is 3. The average Bonchev–Trinajstić information content (AvgIpc) is 2.99. The molecule has 0 aliphatic carbocycles. The van der Waals surface area contributed by atoms with E-state index in [2.05, 4.69) is 33.1 Å². The lowest BCUT2D eigenvalue weighted by molar-refractivity contribution is -0.374. The molecule has 0 spiro atoms. The summed E-state index contributed by atoms with van der Waals surface area (Å²) >= 11 is 0. The summed E-state index contributed by atoms with van der Waals surface area (Å²) in [4.78, 5) is 29.2. The fourth-order valence-corrected chi connectivity index (χ4v) is 1.37. The number of terminal acetylenes is 1. The number of ether oxygens (including phenoxy) is 6. The van der Waals surface area contributed by atoms with Crippen LogP contribution >= 0.6 is 0 Å². The molecule has 0 radical (unpaired) electrons. The third kappa shape index (κ3) is 97.1. The number of quaternary nitrogens is 3. The number of methoxy groups -OCH3 is 1. The molecule has 46 heavy (non-hydrogen) atoms. The van der Waals surface area contributed by atoms with E-state index in [4.69, 9.17) is 70.1 Å². The molecule has 0 bridgehead atoms. The minimum absolute atomic E-state index is 0.369. The highest BCUT2D eigenvalue weighted by Crippen LogP contribution is 1.85. The van der Waals surface area contributed by atoms with Crippen molar-refractivity contribution in [3.8, 4) is 12.3 Å². The Hall–Kier alpha value is -3.36. The highest BCUT2D eigenvalue weighted by atomic mass is 19.3. The Morgan fingerprint density at radius 3 is 1.30 bits per heavy atom. The van der Waals surface area contributed by atoms with Gasteiger partial charge in [-0.05, 0) is 12.5 Å². The summed E-state index contributed by atoms with van der Waals surface area (Å²) in [6.07, 6.45) is -1.74. The zero-order valence-corrected chi connectivity index (χ0v) is 26.2. The summed E-state index contributed by atoms with van der Waals surface area (Å²) in [6, 6.07) is 0. The van der Waals surface area contributed by atoms with Gasteiger partial charge in [0.05, 0.1) is 85.7 Å². The van der Waals surface area contributed by atoms with E-state index < -0.39 is 30.8 Å². The van der Waals surface area contributed by atoms with E-state index >= 15 is 0 Å². The second-order valence-electron chi connectivity index (χ2n) is 6.95. The smallest absolute Gasteiger partial charge is 0.277 e. The van der Waals surface area contributed by atoms with E-state index in [1.54, 1.807) is 7.11 Å². The third-order valence-electron chi connectivity index (χ3n) is 2.98. The van der Waals surface area contributed by atoms with Gasteiger partial charge in [0.15, 0.2) is 0 Å². The summed E-state index contributed by atoms with van der Waals surface area (Å²) in [6.45, 7) is 10.4. The lowest BCUT2D eigenvalue weighted by atomic mass is 10.7. The van der Waals surface area contributed by atoms with E-state index in [0.717, 1.165) is 33.2 Å². The van der Waals surface area contributed by atoms with Crippen LogP contribution in [-0.2, 0) is 42.8 Å². The number of halogens is 4. The van der Waals surface area contributed by atoms with Crippen molar-refractivity contribution in [2.24, 2.45) is 5.11 Å². The lowest BCUT2D eigenvalue weighted by Crippen LogP contribution is -2.52. The zero-order valence-electron chi connectivity index (χ0n) is 26.2. The van der Waals surface area contributed by atoms with Crippen LogP contribution in [0.1, 0.15) is 6.92 Å². The van der Waals surface area contributed by atoms with Gasteiger partial charge >= 0.3 is 0 Å². The van der Waals surface area contributed by atoms with Crippen molar-refractivity contribution in [3.05, 3.63) is 10.4 Å². The van der Waals surface area contributed by atoms with Crippen molar-refractivity contribution in [2.75, 3.05) is 106 Å². The largest absolute Gasteiger partial charge is 0.550 e. The summed E-state index contributed by atoms with van der Waals surface area (Å²) in [5, 5.41) is 29.9. The molecule has 0 aliphatic heterocycles. The van der Waals surface area contributed by atoms with Crippen molar-refractivity contribution in [1.82, 2.24) is 0 Å². The van der Waals surface area contributed by atoms with E-state index in [1.165, 1.54) is 0 Å². The van der Waals surface area contributed by atoms with E-state index in [9.17, 15) is 17.6 Å². The van der Waals surface area contributed by atoms with Crippen molar-refractivity contribution in [1.29, 1.82) is 0 Å². The molecular formula is C24H48F4N6O12. The summed E-state index contributed by atoms with van der Waals surface area (Å²) in [5.41, 5.74) is 18.8. The van der Waals surface area contributed by atoms with Crippen molar-refractivity contribution < 1.29 is 92.9 Å². The van der Waals surface area contributed by atoms with Gasteiger partial charge in [-0.1, -0.05) is 11.0 Å². The maximum absolute atomic E-state index is 10.5. The molecule has 9 N–H and O–H groups in total. The molecule has 18 nitrogen and oxygen atoms in total. The van der Waals surface area contributed by atoms with Crippen molar-refractivity contribution >= 4 is 17.9 Å². The Morgan fingerprint density at radius 1 is 0.739 bits per heavy atom. The average molecular weight is 689 g/mol. The van der Waals surface area contributed by atoms with Crippen LogP contribution in [0.4, 0.5) is 17.6 Å². The van der Waals surface area contributed by atoms with Gasteiger partial charge in [-0.15, -0.1) is 6.42 Å². The Balaban J connectivity index is -0.000000108. The molecule has 0 heterocycles. The highest BCUT2D eigenvalue weighted by molar-refractivity contribution is 5.68. The number of azide groups is 1. The van der Waals surface area contributed by atoms with Crippen molar-refractivity contribution in [3.63, 3.8) is 0 Å². The van der Waals surface area contributed by atoms with Crippen molar-refractivity contribution in [2.45, 2.75) is 19.8 Å². The molecule has 0 saturated carbocycles. The number of alkyl halides is 4. The van der Waals surface area contributed by atoms with Gasteiger partial charge in [0.1, 0.15) is 18.5 Å². The molecule has 0 aliphatic rings. The molecule has 0 fully saturated rings. The molecule has 274 valence electrons. The first-order valence-electron chi connectivity index (χ1n) is 13.1. The normalized spacial score (nSPS) is 9.09. The summed E-state index contributed by atoms with van der Waals surface area (Å²) in [5.74, 6) is -3.36. The standard InChI is InChI=1S/C7H13NO2.C6H14N4O2.C5H13NO2.2C2H2F2O2.C2H4O2/c1-2-4-9-6-7-10-5-3-8;7-1-3-11-5-6-12-4-2-9-10-8;1-7-4-5-8-3-2-6;2*3-1(4)2(5)6;1-2(3)4/h1H,3-8H2;1-7H2;2-6H2,1H3;2*1H,(H,5,6);1H3,(H,3,4). The SMILES string of the molecule is C#CCOCCOCC[NH3+].CC(=O)[O-].COCCOCC[NH3+].O=C([O-])C(F)F.O=C([O-])C(F)F.[N-]=[N+]=NCCOCCOCC[NH3+]. The van der Waals surface area contributed by atoms with Gasteiger partial charge < -0.3 is 75.3 Å². The number of hydrogen-bond donors (Lipinski definition) is 3. The molecule has 0 rings (SSSR count). The van der Waals surface area contributed by atoms with E-state index in [0.29, 0.717) is 72.6 Å². The predicted molar refractivity (Wildman–Crippen MR) is 145 cm³/mol. The summed E-state index contributed by atoms with van der Waals surface area (Å²) in [7, 11) is 1.66. The Morgan fingerprint density at radius 2 is 1.04 bits per heavy atom. The molecule has 0 aromatic rings. The van der Waals surface area contributed by atoms with Crippen LogP contribution in [0.15, 0.2) is 5.11 Å². The molecule has 0 aromatic heterocycles. The molecule has 22 heteroatoms. The maximum atomic E-state index is 10.5. The van der Waals surface area contributed by atoms with Gasteiger partial charge in [0.25, 0.3) is 12.9 Å². The van der Waals surface area contributed by atoms with E-state index in [1.807, 2.05) is 0 Å². The number of hydrogen-bond acceptors (Lipinski definition) is 13. The minimum Gasteiger partial charge on any atom is -0.550 e. The Bertz CT molecular complexity index is 708. The topological polar surface area (TPSA) is 307 Å². The number of carbonyl (C=O) groups excluding carboxylic acids is 3. The second kappa shape index (κ2) is 54.1. The van der Waals surface area contributed by atoms with Gasteiger partial charge in [-0.25, -0.2) is 17.6 Å². The highest BCUT2D eigenvalue weighted by Gasteiger charge is 1.99. The fraction of sp³-hybridized carbons (Fsp3) is 0.792. The van der Waals surface area contributed by atoms with Crippen LogP contribution in [0.25, 0.3) is 10.4 Å². The quantitative estimate of drug-likeness (QED) is 0.0254. The molecule has 0 unspecified atom stereocenters. The van der Waals surface area contributed by atoms with Gasteiger partial charge in [-0.2, -0.15) is 0 Å². The van der Waals surface area contributed by atoms with Crippen LogP contribution in [0.2, 0.25) is 0 Å². The van der Waals surface area contributed by atoms with Gasteiger partial charge in [0, 0.05) is 24.5 Å². The van der Waals surface area contributed by atoms with Gasteiger partial charge in [-0.3, -0.25) is 0 Å². The Kier molecular flexibility index (Phi) is 64.8. The van der Waals surface area contributed by atoms with Crippen LogP contribution in [0, 0.1) is 12.3 Å². The molecular weight excluding hydrogens is 640 g/mol. The number of nitrogens with zero attached hydrogens (tertiary/aromatic N) is 3. The molecule has 0 atom stereocenters. The predicted octanol–water partition coefficient (Wildman–Crippen LogP) is -5.88. The Labute approximate surface area is 265 Å². The zero-order chi connectivity index (χ0) is 36.9. The van der Waals surface area contributed by atoms with E-state index in [-0.39, 0.29) is 0 Å². The molecule has 0 aromatic carbocycles. The number of rotatable bonds is 21. The first-order valence-corrected chi connectivity index (χ1v) is 13.1. The van der Waals surface area contributed by atoms with Crippen LogP contribution in [-0.4, -0.2) is 137 Å². The summed E-state index contributed by atoms with van der Waals surface area (Å²) < 4.78 is 72.0. The minimum atomic E-state index is -3.34. The first kappa shape index (κ1) is 55.1. The number of carboxylic acids is 3. The maximum Gasteiger partial charge on any atom is 0.277 e. The van der Waals surface area contributed by atoms with Crippen LogP contribution < -0.4 is 32.5 Å². The molecule has 0 amide bonds. The molecule has 0 saturated heterocycles. The monoisotopic (exact) mass is 688 g/mol. The van der Waals surface area contributed by atoms with Gasteiger partial charge in [0.2, 0.25) is 0 Å². The van der Waals surface area contributed by atoms with Crippen LogP contribution in [0.3, 0.4) is 0 Å². The number of carboxylic acid groups (broad SMARTS) is 3. The fourth-order valence-electron chi connectivity index (χ4n) is 1.37.